The van der Waals surface area contributed by atoms with Crippen molar-refractivity contribution in [2.24, 2.45) is 0 Å². The second kappa shape index (κ2) is 17.0. The number of phenolic OH excluding ortho intramolecular Hbond substituents is 1. The lowest BCUT2D eigenvalue weighted by Crippen LogP contribution is -2.31. The van der Waals surface area contributed by atoms with Gasteiger partial charge in [-0.2, -0.15) is 0 Å². The van der Waals surface area contributed by atoms with Crippen molar-refractivity contribution >= 4 is 6.08 Å². The summed E-state index contributed by atoms with van der Waals surface area (Å²) in [6, 6.07) is 3.46. The summed E-state index contributed by atoms with van der Waals surface area (Å²) in [6.45, 7) is 15.5. The van der Waals surface area contributed by atoms with Gasteiger partial charge in [-0.15, -0.1) is 0 Å². The maximum Gasteiger partial charge on any atom is 0.164 e. The van der Waals surface area contributed by atoms with Crippen LogP contribution < -0.4 is 9.47 Å². The molecule has 1 N–H and O–H groups in total. The number of allylic oxidation sites excluding steroid dienone is 10. The number of fused-ring (bicyclic) bond motifs is 1. The van der Waals surface area contributed by atoms with E-state index in [0.717, 1.165) is 69.1 Å². The molecule has 0 spiro atoms. The normalized spacial score (nSPS) is 17.9. The first-order valence-electron chi connectivity index (χ1n) is 15.1. The van der Waals surface area contributed by atoms with Gasteiger partial charge < -0.3 is 14.6 Å². The Morgan fingerprint density at radius 2 is 1.23 bits per heavy atom. The molecule has 0 saturated carbocycles. The van der Waals surface area contributed by atoms with E-state index in [4.69, 9.17) is 9.47 Å². The van der Waals surface area contributed by atoms with Crippen molar-refractivity contribution in [3.8, 4) is 17.2 Å². The molecule has 1 atom stereocenters. The zero-order valence-electron chi connectivity index (χ0n) is 26.5. The lowest BCUT2D eigenvalue weighted by atomic mass is 9.94. The summed E-state index contributed by atoms with van der Waals surface area (Å²) in [7, 11) is 1.55. The predicted octanol–water partition coefficient (Wildman–Crippen LogP) is 11.2. The van der Waals surface area contributed by atoms with Gasteiger partial charge in [0.15, 0.2) is 11.5 Å². The highest BCUT2D eigenvalue weighted by molar-refractivity contribution is 5.65. The molecule has 0 aliphatic carbocycles. The lowest BCUT2D eigenvalue weighted by molar-refractivity contribution is 0.128. The van der Waals surface area contributed by atoms with Gasteiger partial charge in [-0.3, -0.25) is 0 Å². The molecule has 0 amide bonds. The van der Waals surface area contributed by atoms with Crippen molar-refractivity contribution in [3.63, 3.8) is 0 Å². The minimum atomic E-state index is -0.367. The fourth-order valence-corrected chi connectivity index (χ4v) is 4.87. The molecule has 1 aliphatic rings. The molecule has 1 unspecified atom stereocenters. The van der Waals surface area contributed by atoms with E-state index >= 15 is 0 Å². The van der Waals surface area contributed by atoms with Crippen LogP contribution in [0.5, 0.6) is 17.2 Å². The average molecular weight is 547 g/mol. The number of hydrogen-bond donors (Lipinski definition) is 1. The molecule has 1 heterocycles. The van der Waals surface area contributed by atoms with Crippen LogP contribution in [0.15, 0.2) is 76.5 Å². The Balaban J connectivity index is 1.68. The first-order chi connectivity index (χ1) is 19.0. The third-order valence-corrected chi connectivity index (χ3v) is 7.59. The van der Waals surface area contributed by atoms with Crippen LogP contribution in [-0.2, 0) is 0 Å². The standard InChI is InChI=1S/C37H54O3/c1-28(2)14-9-15-29(3)16-10-17-30(4)18-11-19-31(5)20-12-21-32(6)22-13-24-37(7)25-23-33-26-34(38)36(39-8)27-35(33)40-37/h14,16,18,20,22-23,25-27,38H,9-13,15,17,19,21,24H2,1-8H3. The van der Waals surface area contributed by atoms with E-state index in [-0.39, 0.29) is 11.4 Å². The summed E-state index contributed by atoms with van der Waals surface area (Å²) in [5.74, 6) is 1.32. The molecule has 1 aromatic carbocycles. The molecular weight excluding hydrogens is 492 g/mol. The number of ether oxygens (including phenoxy) is 2. The monoisotopic (exact) mass is 546 g/mol. The third kappa shape index (κ3) is 12.5. The number of phenols is 1. The van der Waals surface area contributed by atoms with Gasteiger partial charge in [-0.25, -0.2) is 0 Å². The number of aromatic hydroxyl groups is 1. The van der Waals surface area contributed by atoms with E-state index in [9.17, 15) is 5.11 Å². The third-order valence-electron chi connectivity index (χ3n) is 7.59. The summed E-state index contributed by atoms with van der Waals surface area (Å²) >= 11 is 0. The number of rotatable bonds is 16. The van der Waals surface area contributed by atoms with Gasteiger partial charge in [-0.1, -0.05) is 64.3 Å². The summed E-state index contributed by atoms with van der Waals surface area (Å²) < 4.78 is 11.5. The minimum absolute atomic E-state index is 0.132. The van der Waals surface area contributed by atoms with Gasteiger partial charge in [0.2, 0.25) is 0 Å². The number of hydrogen-bond acceptors (Lipinski definition) is 3. The molecule has 1 aromatic rings. The topological polar surface area (TPSA) is 38.7 Å². The van der Waals surface area contributed by atoms with Crippen LogP contribution in [0.2, 0.25) is 0 Å². The molecule has 0 bridgehead atoms. The Bertz CT molecular complexity index is 1140. The zero-order valence-corrected chi connectivity index (χ0v) is 26.5. The summed E-state index contributed by atoms with van der Waals surface area (Å²) in [5.41, 5.74) is 7.85. The molecule has 3 heteroatoms. The number of methoxy groups -OCH3 is 1. The van der Waals surface area contributed by atoms with Crippen LogP contribution in [-0.4, -0.2) is 17.8 Å². The molecule has 0 saturated heterocycles. The fraction of sp³-hybridized carbons (Fsp3) is 0.514. The van der Waals surface area contributed by atoms with E-state index in [0.29, 0.717) is 5.75 Å². The Morgan fingerprint density at radius 3 is 1.70 bits per heavy atom. The van der Waals surface area contributed by atoms with Crippen molar-refractivity contribution in [2.75, 3.05) is 7.11 Å². The number of benzene rings is 1. The highest BCUT2D eigenvalue weighted by Gasteiger charge is 2.27. The van der Waals surface area contributed by atoms with Crippen LogP contribution in [0.3, 0.4) is 0 Å². The van der Waals surface area contributed by atoms with Crippen LogP contribution in [0.4, 0.5) is 0 Å². The predicted molar refractivity (Wildman–Crippen MR) is 173 cm³/mol. The van der Waals surface area contributed by atoms with Crippen LogP contribution in [0, 0.1) is 0 Å². The van der Waals surface area contributed by atoms with Gasteiger partial charge in [0.1, 0.15) is 11.4 Å². The van der Waals surface area contributed by atoms with Crippen molar-refractivity contribution in [2.45, 2.75) is 118 Å². The molecule has 40 heavy (non-hydrogen) atoms. The molecule has 1 aliphatic heterocycles. The molecule has 220 valence electrons. The SMILES string of the molecule is COc1cc2c(cc1O)C=CC(C)(CCC=C(C)CCC=C(C)CCC=C(C)CCC=C(C)CCC=C(C)C)O2. The highest BCUT2D eigenvalue weighted by Crippen LogP contribution is 2.40. The summed E-state index contributed by atoms with van der Waals surface area (Å²) in [6.07, 6.45) is 27.0. The minimum Gasteiger partial charge on any atom is -0.504 e. The Labute approximate surface area is 245 Å². The molecule has 2 rings (SSSR count). The first kappa shape index (κ1) is 33.3. The van der Waals surface area contributed by atoms with E-state index in [1.165, 1.54) is 34.3 Å². The molecular formula is C37H54O3. The smallest absolute Gasteiger partial charge is 0.164 e. The van der Waals surface area contributed by atoms with Gasteiger partial charge in [0.05, 0.1) is 7.11 Å². The molecule has 0 aromatic heterocycles. The van der Waals surface area contributed by atoms with E-state index in [2.05, 4.69) is 84.9 Å². The van der Waals surface area contributed by atoms with Crippen LogP contribution in [0.25, 0.3) is 6.08 Å². The van der Waals surface area contributed by atoms with E-state index in [1.807, 2.05) is 6.08 Å². The molecule has 0 radical (unpaired) electrons. The van der Waals surface area contributed by atoms with Crippen LogP contribution >= 0.6 is 0 Å². The van der Waals surface area contributed by atoms with E-state index < -0.39 is 0 Å². The first-order valence-corrected chi connectivity index (χ1v) is 15.1. The average Bonchev–Trinajstić information content (AvgIpc) is 2.88. The maximum atomic E-state index is 10.0. The summed E-state index contributed by atoms with van der Waals surface area (Å²) in [5, 5.41) is 10.0. The van der Waals surface area contributed by atoms with Gasteiger partial charge >= 0.3 is 0 Å². The van der Waals surface area contributed by atoms with Gasteiger partial charge in [0.25, 0.3) is 0 Å². The van der Waals surface area contributed by atoms with Gasteiger partial charge in [0, 0.05) is 11.6 Å². The Morgan fingerprint density at radius 1 is 0.750 bits per heavy atom. The Kier molecular flexibility index (Phi) is 14.1. The quantitative estimate of drug-likeness (QED) is 0.210. The zero-order chi connectivity index (χ0) is 29.5. The maximum absolute atomic E-state index is 10.0. The lowest BCUT2D eigenvalue weighted by Gasteiger charge is -2.31. The van der Waals surface area contributed by atoms with Crippen molar-refractivity contribution in [1.82, 2.24) is 0 Å². The van der Waals surface area contributed by atoms with Crippen molar-refractivity contribution in [3.05, 3.63) is 82.0 Å². The Hall–Kier alpha value is -2.94. The highest BCUT2D eigenvalue weighted by atomic mass is 16.5. The van der Waals surface area contributed by atoms with Crippen molar-refractivity contribution in [1.29, 1.82) is 0 Å². The second-order valence-corrected chi connectivity index (χ2v) is 12.0. The van der Waals surface area contributed by atoms with Crippen LogP contribution in [0.1, 0.15) is 118 Å². The second-order valence-electron chi connectivity index (χ2n) is 12.0. The van der Waals surface area contributed by atoms with Crippen molar-refractivity contribution < 1.29 is 14.6 Å². The largest absolute Gasteiger partial charge is 0.504 e. The van der Waals surface area contributed by atoms with Gasteiger partial charge in [-0.05, 0) is 125 Å². The van der Waals surface area contributed by atoms with E-state index in [1.54, 1.807) is 19.2 Å². The molecule has 0 fully saturated rings. The summed E-state index contributed by atoms with van der Waals surface area (Å²) in [4.78, 5) is 0. The molecule has 3 nitrogen and oxygen atoms in total. The fourth-order valence-electron chi connectivity index (χ4n) is 4.87.